The third kappa shape index (κ3) is 2.31. The molecule has 2 saturated carbocycles. The van der Waals surface area contributed by atoms with E-state index in [4.69, 9.17) is 4.74 Å². The smallest absolute Gasteiger partial charge is 0.244 e. The number of amides is 1. The zero-order valence-electron chi connectivity index (χ0n) is 12.4. The van der Waals surface area contributed by atoms with Crippen molar-refractivity contribution in [1.82, 2.24) is 10.2 Å². The van der Waals surface area contributed by atoms with E-state index in [2.05, 4.69) is 27.7 Å². The van der Waals surface area contributed by atoms with Crippen molar-refractivity contribution in [3.8, 4) is 0 Å². The average molecular weight is 306 g/mol. The average Bonchev–Trinajstić information content (AvgIpc) is 3.36. The predicted molar refractivity (Wildman–Crippen MR) is 82.0 cm³/mol. The number of carbonyl (C=O) groups is 1. The van der Waals surface area contributed by atoms with Crippen LogP contribution in [0.5, 0.6) is 0 Å². The number of hydrogen-bond donors (Lipinski definition) is 1. The molecule has 1 spiro atoms. The third-order valence-corrected chi connectivity index (χ3v) is 6.18. The Kier molecular flexibility index (Phi) is 3.14. The van der Waals surface area contributed by atoms with Crippen LogP contribution in [0.25, 0.3) is 0 Å². The second-order valence-electron chi connectivity index (χ2n) is 6.82. The summed E-state index contributed by atoms with van der Waals surface area (Å²) >= 11 is 1.74. The zero-order valence-corrected chi connectivity index (χ0v) is 13.2. The largest absolute Gasteiger partial charge is 0.385 e. The molecule has 3 fully saturated rings. The van der Waals surface area contributed by atoms with Crippen molar-refractivity contribution < 1.29 is 9.53 Å². The van der Waals surface area contributed by atoms with Crippen LogP contribution in [0.15, 0.2) is 17.5 Å². The first-order valence-corrected chi connectivity index (χ1v) is 8.67. The van der Waals surface area contributed by atoms with Gasteiger partial charge in [-0.3, -0.25) is 10.1 Å². The van der Waals surface area contributed by atoms with Crippen LogP contribution in [-0.2, 0) is 9.53 Å². The molecule has 2 aliphatic carbocycles. The quantitative estimate of drug-likeness (QED) is 0.878. The Morgan fingerprint density at radius 3 is 2.81 bits per heavy atom. The molecule has 2 heterocycles. The first-order valence-electron chi connectivity index (χ1n) is 7.79. The lowest BCUT2D eigenvalue weighted by Crippen LogP contribution is -2.36. The first kappa shape index (κ1) is 13.7. The molecular weight excluding hydrogens is 284 g/mol. The number of methoxy groups -OCH3 is 1. The molecule has 114 valence electrons. The molecule has 1 aliphatic heterocycles. The van der Waals surface area contributed by atoms with Crippen molar-refractivity contribution in [2.75, 3.05) is 20.3 Å². The SMILES string of the molecule is COCCC1(CN2C(=O)C3(CC3)NC2c2cccs2)CC1. The molecule has 1 amide bonds. The highest BCUT2D eigenvalue weighted by molar-refractivity contribution is 7.10. The molecule has 3 aliphatic rings. The van der Waals surface area contributed by atoms with E-state index >= 15 is 0 Å². The van der Waals surface area contributed by atoms with E-state index < -0.39 is 0 Å². The monoisotopic (exact) mass is 306 g/mol. The molecule has 4 nitrogen and oxygen atoms in total. The van der Waals surface area contributed by atoms with Gasteiger partial charge in [0.2, 0.25) is 5.91 Å². The first-order chi connectivity index (χ1) is 10.2. The molecule has 1 unspecified atom stereocenters. The lowest BCUT2D eigenvalue weighted by Gasteiger charge is -2.28. The van der Waals surface area contributed by atoms with Crippen molar-refractivity contribution >= 4 is 17.2 Å². The molecule has 0 aromatic carbocycles. The summed E-state index contributed by atoms with van der Waals surface area (Å²) in [5.74, 6) is 0.324. The summed E-state index contributed by atoms with van der Waals surface area (Å²) in [5.41, 5.74) is 0.0786. The predicted octanol–water partition coefficient (Wildman–Crippen LogP) is 2.53. The second kappa shape index (κ2) is 4.80. The Morgan fingerprint density at radius 1 is 1.43 bits per heavy atom. The maximum Gasteiger partial charge on any atom is 0.244 e. The van der Waals surface area contributed by atoms with Gasteiger partial charge in [-0.2, -0.15) is 0 Å². The van der Waals surface area contributed by atoms with E-state index in [9.17, 15) is 4.79 Å². The number of carbonyl (C=O) groups excluding carboxylic acids is 1. The highest BCUT2D eigenvalue weighted by Crippen LogP contribution is 2.53. The van der Waals surface area contributed by atoms with Crippen LogP contribution in [0.2, 0.25) is 0 Å². The summed E-state index contributed by atoms with van der Waals surface area (Å²) < 4.78 is 5.24. The maximum absolute atomic E-state index is 12.8. The van der Waals surface area contributed by atoms with Gasteiger partial charge in [0.25, 0.3) is 0 Å². The number of hydrogen-bond acceptors (Lipinski definition) is 4. The zero-order chi connectivity index (χ0) is 14.5. The highest BCUT2D eigenvalue weighted by Gasteiger charge is 2.61. The lowest BCUT2D eigenvalue weighted by atomic mass is 10.0. The number of nitrogens with one attached hydrogen (secondary N) is 1. The molecular formula is C16H22N2O2S. The van der Waals surface area contributed by atoms with Gasteiger partial charge in [0.15, 0.2) is 0 Å². The van der Waals surface area contributed by atoms with Crippen LogP contribution < -0.4 is 5.32 Å². The molecule has 1 N–H and O–H groups in total. The molecule has 1 saturated heterocycles. The van der Waals surface area contributed by atoms with Crippen LogP contribution in [0.3, 0.4) is 0 Å². The summed E-state index contributed by atoms with van der Waals surface area (Å²) in [6.07, 6.45) is 5.59. The molecule has 21 heavy (non-hydrogen) atoms. The van der Waals surface area contributed by atoms with Crippen molar-refractivity contribution in [1.29, 1.82) is 0 Å². The lowest BCUT2D eigenvalue weighted by molar-refractivity contribution is -0.131. The maximum atomic E-state index is 12.8. The van der Waals surface area contributed by atoms with Gasteiger partial charge in [0.1, 0.15) is 11.7 Å². The molecule has 1 aromatic heterocycles. The second-order valence-corrected chi connectivity index (χ2v) is 7.80. The number of rotatable bonds is 6. The summed E-state index contributed by atoms with van der Waals surface area (Å²) in [7, 11) is 1.76. The Labute approximate surface area is 129 Å². The fourth-order valence-electron chi connectivity index (χ4n) is 3.46. The molecule has 0 bridgehead atoms. The number of ether oxygens (including phenoxy) is 1. The van der Waals surface area contributed by atoms with Crippen molar-refractivity contribution in [2.24, 2.45) is 5.41 Å². The molecule has 0 radical (unpaired) electrons. The minimum atomic E-state index is -0.230. The van der Waals surface area contributed by atoms with E-state index in [1.165, 1.54) is 17.7 Å². The van der Waals surface area contributed by atoms with Crippen LogP contribution in [0.1, 0.15) is 43.1 Å². The van der Waals surface area contributed by atoms with E-state index in [1.807, 2.05) is 0 Å². The van der Waals surface area contributed by atoms with Gasteiger partial charge in [-0.1, -0.05) is 6.07 Å². The van der Waals surface area contributed by atoms with Crippen molar-refractivity contribution in [3.05, 3.63) is 22.4 Å². The summed E-state index contributed by atoms with van der Waals surface area (Å²) in [5, 5.41) is 5.70. The summed E-state index contributed by atoms with van der Waals surface area (Å²) in [6.45, 7) is 1.68. The summed E-state index contributed by atoms with van der Waals surface area (Å²) in [4.78, 5) is 16.2. The van der Waals surface area contributed by atoms with Gasteiger partial charge < -0.3 is 9.64 Å². The Hall–Kier alpha value is -0.910. The minimum absolute atomic E-state index is 0.0834. The number of nitrogens with zero attached hydrogens (tertiary/aromatic N) is 1. The van der Waals surface area contributed by atoms with Gasteiger partial charge in [-0.15, -0.1) is 11.3 Å². The highest BCUT2D eigenvalue weighted by atomic mass is 32.1. The normalized spacial score (nSPS) is 28.3. The Balaban J connectivity index is 1.55. The fourth-order valence-corrected chi connectivity index (χ4v) is 4.24. The standard InChI is InChI=1S/C16H22N2O2S/c1-20-9-8-15(4-5-15)11-18-13(12-3-2-10-21-12)17-16(6-7-16)14(18)19/h2-3,10,13,17H,4-9,11H2,1H3. The fraction of sp³-hybridized carbons (Fsp3) is 0.688. The molecule has 1 atom stereocenters. The van der Waals surface area contributed by atoms with Crippen LogP contribution in [0.4, 0.5) is 0 Å². The molecule has 4 rings (SSSR count). The molecule has 1 aromatic rings. The van der Waals surface area contributed by atoms with E-state index in [0.717, 1.165) is 32.4 Å². The van der Waals surface area contributed by atoms with Gasteiger partial charge in [-0.25, -0.2) is 0 Å². The van der Waals surface area contributed by atoms with E-state index in [-0.39, 0.29) is 11.7 Å². The van der Waals surface area contributed by atoms with Crippen molar-refractivity contribution in [2.45, 2.75) is 43.8 Å². The van der Waals surface area contributed by atoms with Gasteiger partial charge in [-0.05, 0) is 49.0 Å². The van der Waals surface area contributed by atoms with Gasteiger partial charge in [0, 0.05) is 25.1 Å². The van der Waals surface area contributed by atoms with Gasteiger partial charge >= 0.3 is 0 Å². The third-order valence-electron chi connectivity index (χ3n) is 5.26. The Bertz CT molecular complexity index is 534. The van der Waals surface area contributed by atoms with Crippen LogP contribution in [0, 0.1) is 5.41 Å². The van der Waals surface area contributed by atoms with Gasteiger partial charge in [0.05, 0.1) is 0 Å². The van der Waals surface area contributed by atoms with E-state index in [0.29, 0.717) is 11.3 Å². The van der Waals surface area contributed by atoms with Crippen molar-refractivity contribution in [3.63, 3.8) is 0 Å². The molecule has 5 heteroatoms. The van der Waals surface area contributed by atoms with Crippen LogP contribution in [-0.4, -0.2) is 36.6 Å². The number of thiophene rings is 1. The minimum Gasteiger partial charge on any atom is -0.385 e. The van der Waals surface area contributed by atoms with E-state index in [1.54, 1.807) is 18.4 Å². The summed E-state index contributed by atoms with van der Waals surface area (Å²) in [6, 6.07) is 4.21. The van der Waals surface area contributed by atoms with Crippen LogP contribution >= 0.6 is 11.3 Å². The Morgan fingerprint density at radius 2 is 2.24 bits per heavy atom. The topological polar surface area (TPSA) is 41.6 Å².